The third-order valence-corrected chi connectivity index (χ3v) is 6.79. The highest BCUT2D eigenvalue weighted by atomic mass is 31.2. The van der Waals surface area contributed by atoms with Crippen molar-refractivity contribution in [2.24, 2.45) is 0 Å². The molecule has 0 saturated heterocycles. The second-order valence-electron chi connectivity index (χ2n) is 10.6. The molecule has 9 nitrogen and oxygen atoms in total. The topological polar surface area (TPSA) is 112 Å². The molecule has 2 atom stereocenters. The number of nitrogens with zero attached hydrogens (tertiary/aromatic N) is 1. The number of halogens is 2. The number of aromatic nitrogens is 2. The minimum absolute atomic E-state index is 0.0136. The van der Waals surface area contributed by atoms with Gasteiger partial charge in [-0.2, -0.15) is 4.94 Å². The molecular weight excluding hydrogens is 545 g/mol. The molecule has 12 heteroatoms. The zero-order chi connectivity index (χ0) is 30.8. The average Bonchev–Trinajstić information content (AvgIpc) is 2.90. The van der Waals surface area contributed by atoms with Crippen LogP contribution in [0.4, 0.5) is 8.92 Å². The van der Waals surface area contributed by atoms with Crippen molar-refractivity contribution < 1.29 is 32.5 Å². The van der Waals surface area contributed by atoms with Gasteiger partial charge in [0, 0.05) is 25.4 Å². The predicted octanol–water partition coefficient (Wildman–Crippen LogP) is 5.40. The van der Waals surface area contributed by atoms with Gasteiger partial charge >= 0.3 is 14.3 Å². The number of aromatic amines is 1. The number of fused-ring (bicyclic) bond motifs is 1. The van der Waals surface area contributed by atoms with E-state index in [-0.39, 0.29) is 43.0 Å². The van der Waals surface area contributed by atoms with E-state index in [2.05, 4.69) is 15.8 Å². The fourth-order valence-electron chi connectivity index (χ4n) is 3.67. The van der Waals surface area contributed by atoms with Crippen molar-refractivity contribution in [1.82, 2.24) is 9.55 Å². The zero-order valence-electron chi connectivity index (χ0n) is 24.7. The van der Waals surface area contributed by atoms with Gasteiger partial charge in [-0.15, -0.1) is 6.42 Å². The smallest absolute Gasteiger partial charge is 0.397 e. The van der Waals surface area contributed by atoms with Crippen molar-refractivity contribution in [1.29, 1.82) is 0 Å². The van der Waals surface area contributed by atoms with E-state index in [0.29, 0.717) is 16.9 Å². The number of benzene rings is 1. The number of aliphatic hydroxyl groups is 1. The number of aliphatic hydroxyl groups excluding tert-OH is 1. The lowest BCUT2D eigenvalue weighted by molar-refractivity contribution is -0.190. The van der Waals surface area contributed by atoms with E-state index in [9.17, 15) is 14.1 Å². The normalized spacial score (nSPS) is 15.3. The number of nitrogens with one attached hydrogen (secondary N) is 1. The van der Waals surface area contributed by atoms with Crippen LogP contribution < -0.4 is 15.8 Å². The minimum Gasteiger partial charge on any atom is -0.426 e. The van der Waals surface area contributed by atoms with Gasteiger partial charge in [0.1, 0.15) is 23.2 Å². The molecule has 0 radical (unpaired) electrons. The SMILES string of the molecule is C#Cc1cn(CCC(COP2OCc3c(F)c(C(C)(C)C)cc(C(C)(C)C)c3O2)OF)c(=O)[nH]c1=O.CC.CO. The molecule has 2 aromatic rings. The van der Waals surface area contributed by atoms with Crippen molar-refractivity contribution in [3.8, 4) is 18.1 Å². The van der Waals surface area contributed by atoms with E-state index < -0.39 is 31.4 Å². The van der Waals surface area contributed by atoms with Crippen molar-refractivity contribution in [3.05, 3.63) is 61.2 Å². The van der Waals surface area contributed by atoms with Gasteiger partial charge in [-0.3, -0.25) is 23.4 Å². The molecule has 3 rings (SSSR count). The first-order valence-corrected chi connectivity index (χ1v) is 14.0. The molecule has 2 heterocycles. The Hall–Kier alpha value is -2.61. The van der Waals surface area contributed by atoms with Crippen LogP contribution in [0.25, 0.3) is 0 Å². The Morgan fingerprint density at radius 1 is 1.18 bits per heavy atom. The Morgan fingerprint density at radius 2 is 1.77 bits per heavy atom. The van der Waals surface area contributed by atoms with E-state index in [1.807, 2.05) is 61.5 Å². The first-order chi connectivity index (χ1) is 18.8. The fourth-order valence-corrected chi connectivity index (χ4v) is 4.73. The lowest BCUT2D eigenvalue weighted by Crippen LogP contribution is -2.32. The van der Waals surface area contributed by atoms with Crippen molar-refractivity contribution in [2.45, 2.75) is 91.9 Å². The third kappa shape index (κ3) is 8.95. The third-order valence-electron chi connectivity index (χ3n) is 5.76. The first-order valence-electron chi connectivity index (χ1n) is 12.9. The number of H-pyrrole nitrogens is 1. The summed E-state index contributed by atoms with van der Waals surface area (Å²) in [5.74, 6) is 2.19. The number of hydrogen-bond acceptors (Lipinski definition) is 7. The second-order valence-corrected chi connectivity index (χ2v) is 11.8. The summed E-state index contributed by atoms with van der Waals surface area (Å²) in [5, 5.41) is 7.00. The van der Waals surface area contributed by atoms with Crippen LogP contribution in [-0.2, 0) is 38.0 Å². The average molecular weight is 587 g/mol. The summed E-state index contributed by atoms with van der Waals surface area (Å²) in [6.45, 7) is 15.6. The van der Waals surface area contributed by atoms with E-state index in [0.717, 1.165) is 17.2 Å². The van der Waals surface area contributed by atoms with Gasteiger partial charge in [-0.05, 0) is 33.4 Å². The van der Waals surface area contributed by atoms with Gasteiger partial charge < -0.3 is 9.63 Å². The Bertz CT molecular complexity index is 1270. The Balaban J connectivity index is 0.00000191. The van der Waals surface area contributed by atoms with Crippen LogP contribution in [0.15, 0.2) is 21.9 Å². The van der Waals surface area contributed by atoms with E-state index >= 15 is 4.39 Å². The Kier molecular flexibility index (Phi) is 13.6. The van der Waals surface area contributed by atoms with E-state index in [4.69, 9.17) is 25.1 Å². The maximum atomic E-state index is 15.4. The number of hydrogen-bond donors (Lipinski definition) is 2. The fraction of sp³-hybridized carbons (Fsp3) is 0.571. The van der Waals surface area contributed by atoms with Crippen LogP contribution in [0.1, 0.15) is 84.1 Å². The van der Waals surface area contributed by atoms with Gasteiger partial charge in [0.25, 0.3) is 5.56 Å². The van der Waals surface area contributed by atoms with E-state index in [1.54, 1.807) is 0 Å². The maximum absolute atomic E-state index is 15.4. The summed E-state index contributed by atoms with van der Waals surface area (Å²) in [5.41, 5.74) is -0.411. The van der Waals surface area contributed by atoms with Gasteiger partial charge in [0.2, 0.25) is 0 Å². The summed E-state index contributed by atoms with van der Waals surface area (Å²) in [7, 11) is -0.949. The molecule has 1 aliphatic heterocycles. The summed E-state index contributed by atoms with van der Waals surface area (Å²) in [6, 6.07) is 1.83. The lowest BCUT2D eigenvalue weighted by atomic mass is 9.78. The van der Waals surface area contributed by atoms with Crippen molar-refractivity contribution in [3.63, 3.8) is 0 Å². The summed E-state index contributed by atoms with van der Waals surface area (Å²) < 4.78 is 46.9. The Morgan fingerprint density at radius 3 is 2.30 bits per heavy atom. The molecular formula is C28H41F2N2O7P. The second kappa shape index (κ2) is 15.4. The highest BCUT2D eigenvalue weighted by Crippen LogP contribution is 2.52. The predicted molar refractivity (Wildman–Crippen MR) is 151 cm³/mol. The molecule has 0 spiro atoms. The van der Waals surface area contributed by atoms with Gasteiger partial charge in [-0.25, -0.2) is 9.18 Å². The van der Waals surface area contributed by atoms with Gasteiger partial charge in [-0.1, -0.05) is 61.3 Å². The van der Waals surface area contributed by atoms with E-state index in [1.165, 1.54) is 6.20 Å². The summed E-state index contributed by atoms with van der Waals surface area (Å²) in [4.78, 5) is 29.6. The van der Waals surface area contributed by atoms with Crippen LogP contribution in [0.3, 0.4) is 0 Å². The minimum atomic E-state index is -1.95. The molecule has 1 aromatic heterocycles. The van der Waals surface area contributed by atoms with Crippen LogP contribution in [0, 0.1) is 18.2 Å². The molecule has 0 aliphatic carbocycles. The molecule has 0 fully saturated rings. The summed E-state index contributed by atoms with van der Waals surface area (Å²) in [6.07, 6.45) is 5.45. The van der Waals surface area contributed by atoms with Crippen molar-refractivity contribution in [2.75, 3.05) is 13.7 Å². The molecule has 2 N–H and O–H groups in total. The summed E-state index contributed by atoms with van der Waals surface area (Å²) >= 11 is 0. The zero-order valence-corrected chi connectivity index (χ0v) is 25.6. The quantitative estimate of drug-likeness (QED) is 0.330. The molecule has 1 aliphatic rings. The van der Waals surface area contributed by atoms with Crippen LogP contribution in [-0.4, -0.2) is 34.5 Å². The van der Waals surface area contributed by atoms with Crippen molar-refractivity contribution >= 4 is 8.60 Å². The number of rotatable bonds is 7. The van der Waals surface area contributed by atoms with Gasteiger partial charge in [0.05, 0.1) is 18.8 Å². The van der Waals surface area contributed by atoms with Crippen LogP contribution in [0.2, 0.25) is 0 Å². The number of aryl methyl sites for hydroxylation is 1. The maximum Gasteiger partial charge on any atom is 0.397 e. The largest absolute Gasteiger partial charge is 0.426 e. The molecule has 224 valence electrons. The highest BCUT2D eigenvalue weighted by molar-refractivity contribution is 7.42. The Labute approximate surface area is 235 Å². The standard InChI is InChI=1S/C25H31F2N2O6P.C2H6.CH4O/c1-8-15-12-29(23(31)28-22(15)30)10-9-16(34-27)13-32-36-33-14-17-20(26)18(24(2,3)4)11-19(21(17)35-36)25(5,6)7;2*1-2/h1,11-12,16H,9-10,13-14H2,2-7H3,(H,28,30,31);1-2H3;2H,1H3. The molecule has 0 saturated carbocycles. The molecule has 2 unspecified atom stereocenters. The lowest BCUT2D eigenvalue weighted by Gasteiger charge is -2.33. The first kappa shape index (κ1) is 35.4. The van der Waals surface area contributed by atoms with Gasteiger partial charge in [0.15, 0.2) is 0 Å². The molecule has 0 amide bonds. The highest BCUT2D eigenvalue weighted by Gasteiger charge is 2.35. The molecule has 40 heavy (non-hydrogen) atoms. The monoisotopic (exact) mass is 586 g/mol. The van der Waals surface area contributed by atoms with Crippen LogP contribution in [0.5, 0.6) is 5.75 Å². The molecule has 0 bridgehead atoms. The molecule has 1 aromatic carbocycles. The van der Waals surface area contributed by atoms with Crippen LogP contribution >= 0.6 is 8.60 Å². The number of terminal acetylenes is 1.